The molecule has 0 saturated carbocycles. The van der Waals surface area contributed by atoms with Crippen LogP contribution in [0.3, 0.4) is 0 Å². The lowest BCUT2D eigenvalue weighted by atomic mass is 10.0. The van der Waals surface area contributed by atoms with Crippen molar-refractivity contribution in [2.45, 2.75) is 38.6 Å². The third-order valence-electron chi connectivity index (χ3n) is 6.39. The number of nitrogens with one attached hydrogen (secondary N) is 1. The molecule has 2 amide bonds. The zero-order valence-electron chi connectivity index (χ0n) is 18.9. The number of aromatic nitrogens is 1. The van der Waals surface area contributed by atoms with Crippen LogP contribution >= 0.6 is 0 Å². The van der Waals surface area contributed by atoms with Gasteiger partial charge in [-0.25, -0.2) is 8.78 Å². The summed E-state index contributed by atoms with van der Waals surface area (Å²) in [6.45, 7) is 3.69. The minimum Gasteiger partial charge on any atom is -0.503 e. The number of benzene rings is 1. The molecular formula is C23H26F2N4O5. The minimum absolute atomic E-state index is 0.0350. The fourth-order valence-electron chi connectivity index (χ4n) is 4.53. The Labute approximate surface area is 194 Å². The lowest BCUT2D eigenvalue weighted by Gasteiger charge is -2.50. The summed E-state index contributed by atoms with van der Waals surface area (Å²) in [4.78, 5) is 42.5. The number of halogens is 2. The number of amides is 2. The third kappa shape index (κ3) is 4.28. The van der Waals surface area contributed by atoms with Crippen molar-refractivity contribution < 1.29 is 28.2 Å². The van der Waals surface area contributed by atoms with E-state index >= 15 is 0 Å². The number of hydrogen-bond donors (Lipinski definition) is 2. The maximum absolute atomic E-state index is 13.9. The molecule has 9 nitrogen and oxygen atoms in total. The Morgan fingerprint density at radius 1 is 1.29 bits per heavy atom. The number of fused-ring (bicyclic) bond motifs is 2. The quantitative estimate of drug-likeness (QED) is 0.651. The van der Waals surface area contributed by atoms with Crippen molar-refractivity contribution in [3.05, 3.63) is 63.1 Å². The molecule has 0 bridgehead atoms. The summed E-state index contributed by atoms with van der Waals surface area (Å²) in [6.07, 6.45) is 1.65. The van der Waals surface area contributed by atoms with Crippen molar-refractivity contribution in [1.29, 1.82) is 0 Å². The highest BCUT2D eigenvalue weighted by atomic mass is 19.1. The van der Waals surface area contributed by atoms with Crippen LogP contribution in [-0.2, 0) is 17.8 Å². The second-order valence-electron chi connectivity index (χ2n) is 8.50. The molecule has 1 aromatic heterocycles. The van der Waals surface area contributed by atoms with Gasteiger partial charge in [0.05, 0.1) is 13.2 Å². The number of pyridine rings is 1. The molecule has 1 saturated heterocycles. The van der Waals surface area contributed by atoms with Gasteiger partial charge in [0, 0.05) is 50.6 Å². The van der Waals surface area contributed by atoms with Crippen LogP contribution in [0.1, 0.15) is 39.8 Å². The predicted molar refractivity (Wildman–Crippen MR) is 117 cm³/mol. The fourth-order valence-corrected chi connectivity index (χ4v) is 4.53. The molecule has 0 unspecified atom stereocenters. The zero-order valence-corrected chi connectivity index (χ0v) is 18.9. The van der Waals surface area contributed by atoms with E-state index in [9.17, 15) is 28.3 Å². The van der Waals surface area contributed by atoms with Crippen molar-refractivity contribution >= 4 is 11.8 Å². The maximum Gasteiger partial charge on any atom is 0.276 e. The van der Waals surface area contributed by atoms with Crippen LogP contribution in [0.15, 0.2) is 29.2 Å². The van der Waals surface area contributed by atoms with Crippen LogP contribution in [0.5, 0.6) is 5.75 Å². The molecule has 182 valence electrons. The molecule has 34 heavy (non-hydrogen) atoms. The van der Waals surface area contributed by atoms with Crippen molar-refractivity contribution in [2.75, 3.05) is 26.8 Å². The van der Waals surface area contributed by atoms with Crippen LogP contribution in [0.4, 0.5) is 8.78 Å². The predicted octanol–water partition coefficient (Wildman–Crippen LogP) is 1.28. The van der Waals surface area contributed by atoms with Crippen molar-refractivity contribution in [3.8, 4) is 5.75 Å². The van der Waals surface area contributed by atoms with Crippen LogP contribution in [0, 0.1) is 11.6 Å². The van der Waals surface area contributed by atoms with Gasteiger partial charge in [0.15, 0.2) is 11.4 Å². The average molecular weight is 476 g/mol. The molecule has 2 aliphatic rings. The zero-order chi connectivity index (χ0) is 24.6. The molecule has 2 atom stereocenters. The van der Waals surface area contributed by atoms with E-state index in [1.165, 1.54) is 16.8 Å². The SMILES string of the molecule is COCCN1CC[C@H](C)N2C(=O)c3c(O)c(=O)c(C(=O)NCc4ccc(F)cc4F)cn3C[C@@H]12. The molecule has 4 rings (SSSR count). The number of hydrogen-bond acceptors (Lipinski definition) is 6. The second-order valence-corrected chi connectivity index (χ2v) is 8.50. The van der Waals surface area contributed by atoms with Gasteiger partial charge in [-0.15, -0.1) is 0 Å². The van der Waals surface area contributed by atoms with E-state index in [0.29, 0.717) is 19.2 Å². The Balaban J connectivity index is 1.63. The Morgan fingerprint density at radius 2 is 2.06 bits per heavy atom. The molecule has 3 heterocycles. The molecule has 0 spiro atoms. The van der Waals surface area contributed by atoms with Crippen molar-refractivity contribution in [3.63, 3.8) is 0 Å². The second kappa shape index (κ2) is 9.51. The first kappa shape index (κ1) is 23.8. The van der Waals surface area contributed by atoms with Crippen molar-refractivity contribution in [2.24, 2.45) is 0 Å². The molecule has 0 radical (unpaired) electrons. The van der Waals surface area contributed by atoms with Crippen molar-refractivity contribution in [1.82, 2.24) is 19.7 Å². The monoisotopic (exact) mass is 476 g/mol. The highest BCUT2D eigenvalue weighted by Crippen LogP contribution is 2.30. The fraction of sp³-hybridized carbons (Fsp3) is 0.435. The molecule has 2 aliphatic heterocycles. The van der Waals surface area contributed by atoms with Gasteiger partial charge in [-0.3, -0.25) is 19.3 Å². The summed E-state index contributed by atoms with van der Waals surface area (Å²) in [5.74, 6) is -3.71. The Bertz CT molecular complexity index is 1180. The lowest BCUT2D eigenvalue weighted by molar-refractivity contribution is -0.0396. The first-order valence-corrected chi connectivity index (χ1v) is 11.0. The van der Waals surface area contributed by atoms with Crippen LogP contribution in [0.25, 0.3) is 0 Å². The van der Waals surface area contributed by atoms with Gasteiger partial charge in [-0.1, -0.05) is 6.07 Å². The van der Waals surface area contributed by atoms with E-state index in [2.05, 4.69) is 10.2 Å². The minimum atomic E-state index is -0.990. The van der Waals surface area contributed by atoms with E-state index in [0.717, 1.165) is 19.0 Å². The van der Waals surface area contributed by atoms with Gasteiger partial charge < -0.3 is 24.6 Å². The average Bonchev–Trinajstić information content (AvgIpc) is 2.80. The molecule has 0 aliphatic carbocycles. The topological polar surface area (TPSA) is 104 Å². The molecule has 2 aromatic rings. The Kier molecular flexibility index (Phi) is 6.67. The van der Waals surface area contributed by atoms with Gasteiger partial charge in [0.25, 0.3) is 11.8 Å². The summed E-state index contributed by atoms with van der Waals surface area (Å²) < 4.78 is 33.6. The molecular weight excluding hydrogens is 450 g/mol. The largest absolute Gasteiger partial charge is 0.503 e. The first-order chi connectivity index (χ1) is 16.2. The highest BCUT2D eigenvalue weighted by Gasteiger charge is 2.43. The van der Waals surface area contributed by atoms with Gasteiger partial charge in [-0.05, 0) is 19.4 Å². The molecule has 1 fully saturated rings. The van der Waals surface area contributed by atoms with E-state index < -0.39 is 34.6 Å². The van der Waals surface area contributed by atoms with Gasteiger partial charge in [0.1, 0.15) is 23.4 Å². The molecule has 11 heteroatoms. The van der Waals surface area contributed by atoms with Gasteiger partial charge in [0.2, 0.25) is 5.43 Å². The normalized spacial score (nSPS) is 20.1. The first-order valence-electron chi connectivity index (χ1n) is 11.0. The summed E-state index contributed by atoms with van der Waals surface area (Å²) >= 11 is 0. The number of aromatic hydroxyl groups is 1. The molecule has 2 N–H and O–H groups in total. The lowest BCUT2D eigenvalue weighted by Crippen LogP contribution is -2.64. The number of methoxy groups -OCH3 is 1. The molecule has 1 aromatic carbocycles. The summed E-state index contributed by atoms with van der Waals surface area (Å²) in [6, 6.07) is 2.85. The summed E-state index contributed by atoms with van der Waals surface area (Å²) in [7, 11) is 1.59. The number of rotatable bonds is 6. The standard InChI is InChI=1S/C23H26F2N4O5/c1-13-5-6-27(7-8-34-2)18-12-28-11-16(20(30)21(31)19(28)23(33)29(13)18)22(32)26-10-14-3-4-15(24)9-17(14)25/h3-4,9,11,13,18,31H,5-8,10,12H2,1-2H3,(H,26,32)/t13-,18-/m0/s1. The van der Waals surface area contributed by atoms with E-state index in [4.69, 9.17) is 4.74 Å². The smallest absolute Gasteiger partial charge is 0.276 e. The number of carbonyl (C=O) groups excluding carboxylic acids is 2. The third-order valence-corrected chi connectivity index (χ3v) is 6.39. The van der Waals surface area contributed by atoms with Gasteiger partial charge >= 0.3 is 0 Å². The van der Waals surface area contributed by atoms with Gasteiger partial charge in [-0.2, -0.15) is 0 Å². The summed E-state index contributed by atoms with van der Waals surface area (Å²) in [5.41, 5.74) is -1.50. The van der Waals surface area contributed by atoms with E-state index in [1.54, 1.807) is 12.0 Å². The summed E-state index contributed by atoms with van der Waals surface area (Å²) in [5, 5.41) is 13.0. The van der Waals surface area contributed by atoms with E-state index in [-0.39, 0.29) is 42.1 Å². The number of nitrogens with zero attached hydrogens (tertiary/aromatic N) is 3. The maximum atomic E-state index is 13.9. The van der Waals surface area contributed by atoms with E-state index in [1.807, 2.05) is 6.92 Å². The number of ether oxygens (including phenoxy) is 1. The highest BCUT2D eigenvalue weighted by molar-refractivity contribution is 5.99. The van der Waals surface area contributed by atoms with Crippen LogP contribution in [0.2, 0.25) is 0 Å². The Morgan fingerprint density at radius 3 is 2.76 bits per heavy atom. The Hall–Kier alpha value is -3.31. The number of carbonyl (C=O) groups is 2. The van der Waals surface area contributed by atoms with Crippen LogP contribution < -0.4 is 10.7 Å². The van der Waals surface area contributed by atoms with Crippen LogP contribution in [-0.4, -0.2) is 70.3 Å².